The molecular weight excluding hydrogens is 224 g/mol. The number of rotatable bonds is 2. The molecule has 2 fully saturated rings. The smallest absolute Gasteiger partial charge is 0.0571 e. The van der Waals surface area contributed by atoms with Crippen molar-refractivity contribution >= 4 is 0 Å². The minimum absolute atomic E-state index is 0.183. The van der Waals surface area contributed by atoms with Crippen LogP contribution in [0.15, 0.2) is 0 Å². The van der Waals surface area contributed by atoms with Crippen LogP contribution >= 0.6 is 0 Å². The highest BCUT2D eigenvalue weighted by molar-refractivity contribution is 5.04. The van der Waals surface area contributed by atoms with Gasteiger partial charge >= 0.3 is 0 Å². The average Bonchev–Trinajstić information content (AvgIpc) is 2.28. The van der Waals surface area contributed by atoms with Gasteiger partial charge in [-0.3, -0.25) is 0 Å². The summed E-state index contributed by atoms with van der Waals surface area (Å²) in [4.78, 5) is 0. The van der Waals surface area contributed by atoms with E-state index in [0.717, 1.165) is 12.8 Å². The molecule has 0 heterocycles. The maximum absolute atomic E-state index is 10.4. The molecule has 0 saturated heterocycles. The number of fused-ring (bicyclic) bond motifs is 1. The lowest BCUT2D eigenvalue weighted by Crippen LogP contribution is -2.55. The Balaban J connectivity index is 2.33. The number of aliphatic hydroxyl groups excluding tert-OH is 2. The second-order valence-electron chi connectivity index (χ2n) is 7.68. The Morgan fingerprint density at radius 2 is 1.83 bits per heavy atom. The third-order valence-corrected chi connectivity index (χ3v) is 6.28. The standard InChI is InChI=1S/C16H30O2/c1-11-12(6-9-17)16(4)8-5-7-15(2,3)14(16)10-13(11)18/h11-14,17-18H,5-10H2,1-4H3/t11-,12-,13-,14?,16-/m1/s1. The van der Waals surface area contributed by atoms with E-state index in [-0.39, 0.29) is 12.7 Å². The van der Waals surface area contributed by atoms with Crippen LogP contribution in [-0.4, -0.2) is 22.9 Å². The van der Waals surface area contributed by atoms with Gasteiger partial charge in [-0.15, -0.1) is 0 Å². The molecule has 2 rings (SSSR count). The highest BCUT2D eigenvalue weighted by Crippen LogP contribution is 2.61. The van der Waals surface area contributed by atoms with Gasteiger partial charge in [0.1, 0.15) is 0 Å². The quantitative estimate of drug-likeness (QED) is 0.794. The third kappa shape index (κ3) is 2.12. The molecule has 0 amide bonds. The molecule has 2 N–H and O–H groups in total. The van der Waals surface area contributed by atoms with E-state index < -0.39 is 0 Å². The topological polar surface area (TPSA) is 40.5 Å². The van der Waals surface area contributed by atoms with E-state index in [0.29, 0.717) is 28.6 Å². The molecule has 0 aromatic carbocycles. The van der Waals surface area contributed by atoms with Crippen LogP contribution < -0.4 is 0 Å². The van der Waals surface area contributed by atoms with E-state index in [1.54, 1.807) is 0 Å². The average molecular weight is 254 g/mol. The summed E-state index contributed by atoms with van der Waals surface area (Å²) in [5.41, 5.74) is 0.644. The van der Waals surface area contributed by atoms with Crippen LogP contribution in [0.25, 0.3) is 0 Å². The predicted molar refractivity (Wildman–Crippen MR) is 74.2 cm³/mol. The molecule has 18 heavy (non-hydrogen) atoms. The molecule has 2 aliphatic rings. The first-order chi connectivity index (χ1) is 8.33. The van der Waals surface area contributed by atoms with E-state index >= 15 is 0 Å². The molecule has 0 aromatic heterocycles. The summed E-state index contributed by atoms with van der Waals surface area (Å²) in [7, 11) is 0. The maximum Gasteiger partial charge on any atom is 0.0571 e. The third-order valence-electron chi connectivity index (χ3n) is 6.28. The van der Waals surface area contributed by atoms with Gasteiger partial charge < -0.3 is 10.2 Å². The van der Waals surface area contributed by atoms with E-state index in [1.807, 2.05) is 0 Å². The zero-order chi connectivity index (χ0) is 13.6. The molecule has 0 aliphatic heterocycles. The fourth-order valence-electron chi connectivity index (χ4n) is 5.25. The van der Waals surface area contributed by atoms with Crippen molar-refractivity contribution in [3.05, 3.63) is 0 Å². The zero-order valence-corrected chi connectivity index (χ0v) is 12.4. The van der Waals surface area contributed by atoms with Crippen LogP contribution in [0, 0.1) is 28.6 Å². The summed E-state index contributed by atoms with van der Waals surface area (Å²) in [5, 5.41) is 19.8. The van der Waals surface area contributed by atoms with Crippen molar-refractivity contribution in [3.63, 3.8) is 0 Å². The van der Waals surface area contributed by atoms with Crippen molar-refractivity contribution < 1.29 is 10.2 Å². The molecule has 5 atom stereocenters. The lowest BCUT2D eigenvalue weighted by molar-refractivity contribution is -0.143. The molecule has 2 heteroatoms. The largest absolute Gasteiger partial charge is 0.396 e. The van der Waals surface area contributed by atoms with Gasteiger partial charge in [-0.1, -0.05) is 34.1 Å². The highest BCUT2D eigenvalue weighted by Gasteiger charge is 2.55. The van der Waals surface area contributed by atoms with Crippen molar-refractivity contribution in [3.8, 4) is 0 Å². The van der Waals surface area contributed by atoms with E-state index in [1.165, 1.54) is 19.3 Å². The molecule has 2 nitrogen and oxygen atoms in total. The lowest BCUT2D eigenvalue weighted by Gasteiger charge is -2.60. The fourth-order valence-corrected chi connectivity index (χ4v) is 5.25. The van der Waals surface area contributed by atoms with Gasteiger partial charge in [0, 0.05) is 6.61 Å². The summed E-state index contributed by atoms with van der Waals surface area (Å²) in [5.74, 6) is 1.39. The first-order valence-electron chi connectivity index (χ1n) is 7.62. The Morgan fingerprint density at radius 3 is 2.44 bits per heavy atom. The lowest BCUT2D eigenvalue weighted by atomic mass is 9.45. The van der Waals surface area contributed by atoms with Gasteiger partial charge in [-0.05, 0) is 54.3 Å². The zero-order valence-electron chi connectivity index (χ0n) is 12.4. The molecule has 0 radical (unpaired) electrons. The van der Waals surface area contributed by atoms with Gasteiger partial charge in [0.15, 0.2) is 0 Å². The molecule has 0 aromatic rings. The van der Waals surface area contributed by atoms with Crippen molar-refractivity contribution in [2.24, 2.45) is 28.6 Å². The molecule has 0 spiro atoms. The summed E-state index contributed by atoms with van der Waals surface area (Å²) >= 11 is 0. The first-order valence-corrected chi connectivity index (χ1v) is 7.62. The molecule has 106 valence electrons. The second-order valence-corrected chi connectivity index (χ2v) is 7.68. The van der Waals surface area contributed by atoms with E-state index in [2.05, 4.69) is 27.7 Å². The molecule has 2 aliphatic carbocycles. The Hall–Kier alpha value is -0.0800. The van der Waals surface area contributed by atoms with Crippen molar-refractivity contribution in [1.82, 2.24) is 0 Å². The second kappa shape index (κ2) is 4.79. The van der Waals surface area contributed by atoms with Crippen LogP contribution in [0.1, 0.15) is 59.8 Å². The van der Waals surface area contributed by atoms with Crippen LogP contribution in [0.2, 0.25) is 0 Å². The normalized spacial score (nSPS) is 47.7. The Kier molecular flexibility index (Phi) is 3.81. The van der Waals surface area contributed by atoms with Gasteiger partial charge in [0.2, 0.25) is 0 Å². The Labute approximate surface area is 112 Å². The number of aliphatic hydroxyl groups is 2. The predicted octanol–water partition coefficient (Wildman–Crippen LogP) is 3.22. The molecule has 2 saturated carbocycles. The minimum atomic E-state index is -0.183. The summed E-state index contributed by atoms with van der Waals surface area (Å²) in [6.45, 7) is 9.58. The van der Waals surface area contributed by atoms with Crippen LogP contribution in [0.4, 0.5) is 0 Å². The SMILES string of the molecule is C[C@H]1[C@H](O)CC2C(C)(C)CCC[C@]2(C)[C@@H]1CCO. The maximum atomic E-state index is 10.4. The number of hydrogen-bond acceptors (Lipinski definition) is 2. The molecule has 1 unspecified atom stereocenters. The Bertz CT molecular complexity index is 299. The van der Waals surface area contributed by atoms with Crippen molar-refractivity contribution in [2.45, 2.75) is 65.9 Å². The summed E-state index contributed by atoms with van der Waals surface area (Å²) in [6.07, 6.45) is 5.46. The first kappa shape index (κ1) is 14.3. The summed E-state index contributed by atoms with van der Waals surface area (Å²) in [6, 6.07) is 0. The van der Waals surface area contributed by atoms with E-state index in [9.17, 15) is 10.2 Å². The van der Waals surface area contributed by atoms with Gasteiger partial charge in [-0.25, -0.2) is 0 Å². The highest BCUT2D eigenvalue weighted by atomic mass is 16.3. The summed E-state index contributed by atoms with van der Waals surface area (Å²) < 4.78 is 0. The van der Waals surface area contributed by atoms with Crippen LogP contribution in [-0.2, 0) is 0 Å². The minimum Gasteiger partial charge on any atom is -0.396 e. The van der Waals surface area contributed by atoms with Crippen LogP contribution in [0.3, 0.4) is 0 Å². The monoisotopic (exact) mass is 254 g/mol. The Morgan fingerprint density at radius 1 is 1.17 bits per heavy atom. The fraction of sp³-hybridized carbons (Fsp3) is 1.00. The van der Waals surface area contributed by atoms with Crippen molar-refractivity contribution in [2.75, 3.05) is 6.61 Å². The van der Waals surface area contributed by atoms with Gasteiger partial charge in [0.25, 0.3) is 0 Å². The molecule has 0 bridgehead atoms. The van der Waals surface area contributed by atoms with Gasteiger partial charge in [-0.2, -0.15) is 0 Å². The number of hydrogen-bond donors (Lipinski definition) is 2. The van der Waals surface area contributed by atoms with E-state index in [4.69, 9.17) is 0 Å². The van der Waals surface area contributed by atoms with Gasteiger partial charge in [0.05, 0.1) is 6.10 Å². The van der Waals surface area contributed by atoms with Crippen molar-refractivity contribution in [1.29, 1.82) is 0 Å². The molecular formula is C16H30O2. The van der Waals surface area contributed by atoms with Crippen LogP contribution in [0.5, 0.6) is 0 Å².